The molecule has 1 aromatic carbocycles. The number of benzene rings is 1. The summed E-state index contributed by atoms with van der Waals surface area (Å²) in [5.41, 5.74) is 0.875. The average Bonchev–Trinajstić information content (AvgIpc) is 2.42. The van der Waals surface area contributed by atoms with Crippen molar-refractivity contribution in [3.63, 3.8) is 0 Å². The average molecular weight is 279 g/mol. The number of piperidine rings is 1. The lowest BCUT2D eigenvalue weighted by molar-refractivity contribution is 0.221. The van der Waals surface area contributed by atoms with Crippen LogP contribution in [0.3, 0.4) is 0 Å². The molecular formula is C14H21N3OS. The molecule has 1 aliphatic rings. The van der Waals surface area contributed by atoms with Crippen molar-refractivity contribution in [2.24, 2.45) is 0 Å². The Kier molecular flexibility index (Phi) is 5.10. The van der Waals surface area contributed by atoms with Crippen LogP contribution in [0.5, 0.6) is 0 Å². The van der Waals surface area contributed by atoms with Crippen molar-refractivity contribution in [3.8, 4) is 0 Å². The van der Waals surface area contributed by atoms with Gasteiger partial charge in [-0.2, -0.15) is 0 Å². The first-order valence-electron chi connectivity index (χ1n) is 6.58. The van der Waals surface area contributed by atoms with E-state index in [0.29, 0.717) is 0 Å². The van der Waals surface area contributed by atoms with E-state index in [-0.39, 0.29) is 12.1 Å². The van der Waals surface area contributed by atoms with Crippen molar-refractivity contribution in [1.82, 2.24) is 10.2 Å². The van der Waals surface area contributed by atoms with E-state index in [0.717, 1.165) is 36.5 Å². The van der Waals surface area contributed by atoms with Crippen molar-refractivity contribution >= 4 is 23.5 Å². The van der Waals surface area contributed by atoms with Gasteiger partial charge < -0.3 is 15.5 Å². The number of hydrogen-bond donors (Lipinski definition) is 2. The van der Waals surface area contributed by atoms with Gasteiger partial charge in [0.05, 0.1) is 5.69 Å². The van der Waals surface area contributed by atoms with Gasteiger partial charge in [-0.3, -0.25) is 0 Å². The second kappa shape index (κ2) is 6.82. The van der Waals surface area contributed by atoms with Crippen LogP contribution in [-0.4, -0.2) is 43.4 Å². The Hall–Kier alpha value is -1.20. The molecule has 0 bridgehead atoms. The number of amides is 2. The molecule has 1 heterocycles. The standard InChI is InChI=1S/C14H21N3OS/c1-17-9-7-11(8-10-17)15-14(18)16-12-5-3-4-6-13(12)19-2/h3-6,11H,7-10H2,1-2H3,(H2,15,16,18). The molecule has 0 radical (unpaired) electrons. The molecule has 1 fully saturated rings. The number of rotatable bonds is 3. The largest absolute Gasteiger partial charge is 0.335 e. The van der Waals surface area contributed by atoms with E-state index in [1.807, 2.05) is 30.5 Å². The molecular weight excluding hydrogens is 258 g/mol. The normalized spacial score (nSPS) is 17.2. The predicted octanol–water partition coefficient (Wildman–Crippen LogP) is 2.62. The monoisotopic (exact) mass is 279 g/mol. The molecule has 4 nitrogen and oxygen atoms in total. The molecule has 0 atom stereocenters. The first kappa shape index (κ1) is 14.2. The van der Waals surface area contributed by atoms with E-state index in [1.165, 1.54) is 0 Å². The fourth-order valence-electron chi connectivity index (χ4n) is 2.24. The molecule has 1 saturated heterocycles. The van der Waals surface area contributed by atoms with Crippen LogP contribution < -0.4 is 10.6 Å². The highest BCUT2D eigenvalue weighted by molar-refractivity contribution is 7.98. The molecule has 19 heavy (non-hydrogen) atoms. The van der Waals surface area contributed by atoms with Crippen molar-refractivity contribution in [2.45, 2.75) is 23.8 Å². The van der Waals surface area contributed by atoms with Crippen LogP contribution in [0.15, 0.2) is 29.2 Å². The number of para-hydroxylation sites is 1. The number of anilines is 1. The van der Waals surface area contributed by atoms with Crippen molar-refractivity contribution in [2.75, 3.05) is 31.7 Å². The molecule has 2 N–H and O–H groups in total. The van der Waals surface area contributed by atoms with Crippen LogP contribution in [-0.2, 0) is 0 Å². The van der Waals surface area contributed by atoms with Gasteiger partial charge in [-0.05, 0) is 51.4 Å². The number of thioether (sulfide) groups is 1. The summed E-state index contributed by atoms with van der Waals surface area (Å²) in [5, 5.41) is 5.99. The minimum Gasteiger partial charge on any atom is -0.335 e. The fraction of sp³-hybridized carbons (Fsp3) is 0.500. The van der Waals surface area contributed by atoms with E-state index < -0.39 is 0 Å². The minimum absolute atomic E-state index is 0.101. The van der Waals surface area contributed by atoms with Gasteiger partial charge >= 0.3 is 6.03 Å². The van der Waals surface area contributed by atoms with Crippen molar-refractivity contribution in [3.05, 3.63) is 24.3 Å². The smallest absolute Gasteiger partial charge is 0.319 e. The van der Waals surface area contributed by atoms with Crippen LogP contribution in [0.1, 0.15) is 12.8 Å². The summed E-state index contributed by atoms with van der Waals surface area (Å²) in [6.45, 7) is 2.10. The minimum atomic E-state index is -0.101. The molecule has 1 aromatic rings. The molecule has 2 amide bonds. The number of carbonyl (C=O) groups is 1. The van der Waals surface area contributed by atoms with Gasteiger partial charge in [0.25, 0.3) is 0 Å². The highest BCUT2D eigenvalue weighted by atomic mass is 32.2. The maximum absolute atomic E-state index is 12.0. The van der Waals surface area contributed by atoms with Crippen LogP contribution in [0.4, 0.5) is 10.5 Å². The Labute approximate surface area is 118 Å². The predicted molar refractivity (Wildman–Crippen MR) is 80.9 cm³/mol. The SMILES string of the molecule is CSc1ccccc1NC(=O)NC1CCN(C)CC1. The summed E-state index contributed by atoms with van der Waals surface area (Å²) < 4.78 is 0. The quantitative estimate of drug-likeness (QED) is 0.836. The zero-order chi connectivity index (χ0) is 13.7. The van der Waals surface area contributed by atoms with Crippen LogP contribution in [0, 0.1) is 0 Å². The summed E-state index contributed by atoms with van der Waals surface area (Å²) in [5.74, 6) is 0. The number of urea groups is 1. The number of hydrogen-bond acceptors (Lipinski definition) is 3. The third-order valence-electron chi connectivity index (χ3n) is 3.41. The second-order valence-electron chi connectivity index (χ2n) is 4.88. The highest BCUT2D eigenvalue weighted by Gasteiger charge is 2.18. The lowest BCUT2D eigenvalue weighted by Crippen LogP contribution is -2.44. The zero-order valence-electron chi connectivity index (χ0n) is 11.5. The number of nitrogens with zero attached hydrogens (tertiary/aromatic N) is 1. The van der Waals surface area contributed by atoms with Gasteiger partial charge in [-0.15, -0.1) is 11.8 Å². The van der Waals surface area contributed by atoms with Crippen LogP contribution in [0.2, 0.25) is 0 Å². The third kappa shape index (κ3) is 4.14. The number of carbonyl (C=O) groups excluding carboxylic acids is 1. The van der Waals surface area contributed by atoms with E-state index in [9.17, 15) is 4.79 Å². The lowest BCUT2D eigenvalue weighted by atomic mass is 10.1. The van der Waals surface area contributed by atoms with Gasteiger partial charge in [0.15, 0.2) is 0 Å². The Morgan fingerprint density at radius 2 is 2.00 bits per heavy atom. The Bertz CT molecular complexity index is 430. The molecule has 0 spiro atoms. The van der Waals surface area contributed by atoms with E-state index >= 15 is 0 Å². The highest BCUT2D eigenvalue weighted by Crippen LogP contribution is 2.24. The second-order valence-corrected chi connectivity index (χ2v) is 5.72. The maximum Gasteiger partial charge on any atom is 0.319 e. The summed E-state index contributed by atoms with van der Waals surface area (Å²) >= 11 is 1.63. The molecule has 104 valence electrons. The summed E-state index contributed by atoms with van der Waals surface area (Å²) in [7, 11) is 2.12. The zero-order valence-corrected chi connectivity index (χ0v) is 12.3. The summed E-state index contributed by atoms with van der Waals surface area (Å²) in [6.07, 6.45) is 4.05. The van der Waals surface area contributed by atoms with Crippen molar-refractivity contribution < 1.29 is 4.79 Å². The lowest BCUT2D eigenvalue weighted by Gasteiger charge is -2.29. The Balaban J connectivity index is 1.87. The topological polar surface area (TPSA) is 44.4 Å². The Morgan fingerprint density at radius 1 is 1.32 bits per heavy atom. The van der Waals surface area contributed by atoms with Crippen LogP contribution in [0.25, 0.3) is 0 Å². The maximum atomic E-state index is 12.0. The van der Waals surface area contributed by atoms with E-state index in [2.05, 4.69) is 22.6 Å². The third-order valence-corrected chi connectivity index (χ3v) is 4.20. The van der Waals surface area contributed by atoms with E-state index in [4.69, 9.17) is 0 Å². The molecule has 0 saturated carbocycles. The van der Waals surface area contributed by atoms with Gasteiger partial charge in [-0.25, -0.2) is 4.79 Å². The Morgan fingerprint density at radius 3 is 2.68 bits per heavy atom. The number of nitrogens with one attached hydrogen (secondary N) is 2. The van der Waals surface area contributed by atoms with Gasteiger partial charge in [0.2, 0.25) is 0 Å². The summed E-state index contributed by atoms with van der Waals surface area (Å²) in [6, 6.07) is 8.04. The van der Waals surface area contributed by atoms with Crippen LogP contribution >= 0.6 is 11.8 Å². The summed E-state index contributed by atoms with van der Waals surface area (Å²) in [4.78, 5) is 15.4. The first-order valence-corrected chi connectivity index (χ1v) is 7.80. The number of likely N-dealkylation sites (tertiary alicyclic amines) is 1. The fourth-order valence-corrected chi connectivity index (χ4v) is 2.80. The van der Waals surface area contributed by atoms with E-state index in [1.54, 1.807) is 11.8 Å². The van der Waals surface area contributed by atoms with Gasteiger partial charge in [0.1, 0.15) is 0 Å². The molecule has 0 unspecified atom stereocenters. The first-order chi connectivity index (χ1) is 9.19. The van der Waals surface area contributed by atoms with Crippen molar-refractivity contribution in [1.29, 1.82) is 0 Å². The molecule has 5 heteroatoms. The van der Waals surface area contributed by atoms with Gasteiger partial charge in [-0.1, -0.05) is 12.1 Å². The van der Waals surface area contributed by atoms with Gasteiger partial charge in [0, 0.05) is 10.9 Å². The molecule has 0 aliphatic carbocycles. The molecule has 1 aliphatic heterocycles. The molecule has 0 aromatic heterocycles. The molecule has 2 rings (SSSR count).